The number of aromatic nitrogens is 2. The van der Waals surface area contributed by atoms with Crippen LogP contribution in [0.15, 0.2) is 10.7 Å². The topological polar surface area (TPSA) is 62.4 Å². The molecule has 0 aromatic carbocycles. The van der Waals surface area contributed by atoms with Gasteiger partial charge in [0.2, 0.25) is 5.88 Å². The fourth-order valence-electron chi connectivity index (χ4n) is 1.39. The maximum absolute atomic E-state index is 9.24. The van der Waals surface area contributed by atoms with Crippen LogP contribution in [0.25, 0.3) is 0 Å². The van der Waals surface area contributed by atoms with Crippen LogP contribution >= 0.6 is 0 Å². The molecule has 2 heterocycles. The summed E-state index contributed by atoms with van der Waals surface area (Å²) in [5.74, 6) is 0.696. The molecular formula is C7H11N3O2. The van der Waals surface area contributed by atoms with Gasteiger partial charge in [-0.2, -0.15) is 0 Å². The molecule has 2 rings (SSSR count). The molecule has 12 heavy (non-hydrogen) atoms. The zero-order chi connectivity index (χ0) is 8.39. The van der Waals surface area contributed by atoms with Crippen LogP contribution in [0.3, 0.4) is 0 Å². The first kappa shape index (κ1) is 7.54. The molecule has 0 aliphatic carbocycles. The summed E-state index contributed by atoms with van der Waals surface area (Å²) in [6, 6.07) is 0. The van der Waals surface area contributed by atoms with Gasteiger partial charge in [-0.15, -0.1) is 5.10 Å². The van der Waals surface area contributed by atoms with Crippen LogP contribution in [0, 0.1) is 0 Å². The third-order valence-corrected chi connectivity index (χ3v) is 2.13. The van der Waals surface area contributed by atoms with Gasteiger partial charge in [-0.3, -0.25) is 0 Å². The van der Waals surface area contributed by atoms with E-state index in [1.54, 1.807) is 6.20 Å². The standard InChI is InChI=1S/C7H11N3O2/c11-6-1-3-10(4-2-6)7-5-8-9-12-7/h5-6,11H,1-4H2. The van der Waals surface area contributed by atoms with E-state index in [9.17, 15) is 5.11 Å². The molecule has 1 fully saturated rings. The summed E-state index contributed by atoms with van der Waals surface area (Å²) in [5, 5.41) is 16.2. The van der Waals surface area contributed by atoms with Crippen LogP contribution in [0.5, 0.6) is 0 Å². The first-order valence-electron chi connectivity index (χ1n) is 4.06. The van der Waals surface area contributed by atoms with Gasteiger partial charge in [-0.25, -0.2) is 0 Å². The number of piperidine rings is 1. The van der Waals surface area contributed by atoms with Crippen LogP contribution in [0.2, 0.25) is 0 Å². The van der Waals surface area contributed by atoms with Gasteiger partial charge in [-0.1, -0.05) is 0 Å². The maximum atomic E-state index is 9.24. The molecule has 1 N–H and O–H groups in total. The Labute approximate surface area is 70.0 Å². The van der Waals surface area contributed by atoms with E-state index in [0.717, 1.165) is 25.9 Å². The summed E-state index contributed by atoms with van der Waals surface area (Å²) in [6.45, 7) is 1.64. The zero-order valence-corrected chi connectivity index (χ0v) is 6.68. The average molecular weight is 169 g/mol. The van der Waals surface area contributed by atoms with E-state index in [1.807, 2.05) is 4.90 Å². The highest BCUT2D eigenvalue weighted by molar-refractivity contribution is 5.31. The summed E-state index contributed by atoms with van der Waals surface area (Å²) >= 11 is 0. The SMILES string of the molecule is OC1CCN(c2cnno2)CC1. The minimum absolute atomic E-state index is 0.155. The Hall–Kier alpha value is -1.10. The minimum atomic E-state index is -0.155. The van der Waals surface area contributed by atoms with Crippen LogP contribution in [0.1, 0.15) is 12.8 Å². The largest absolute Gasteiger partial charge is 0.393 e. The Kier molecular flexibility index (Phi) is 1.95. The van der Waals surface area contributed by atoms with Crippen molar-refractivity contribution in [2.24, 2.45) is 0 Å². The van der Waals surface area contributed by atoms with Crippen molar-refractivity contribution in [3.05, 3.63) is 6.20 Å². The number of hydrogen-bond acceptors (Lipinski definition) is 5. The molecule has 1 aromatic rings. The number of hydrogen-bond donors (Lipinski definition) is 1. The second kappa shape index (κ2) is 3.10. The monoisotopic (exact) mass is 169 g/mol. The number of anilines is 1. The Morgan fingerprint density at radius 3 is 2.83 bits per heavy atom. The highest BCUT2D eigenvalue weighted by Gasteiger charge is 2.19. The molecule has 1 aliphatic rings. The predicted molar refractivity (Wildman–Crippen MR) is 41.8 cm³/mol. The van der Waals surface area contributed by atoms with E-state index in [-0.39, 0.29) is 6.10 Å². The molecule has 5 heteroatoms. The van der Waals surface area contributed by atoms with Crippen LogP contribution in [-0.2, 0) is 0 Å². The van der Waals surface area contributed by atoms with Gasteiger partial charge in [-0.05, 0) is 12.8 Å². The zero-order valence-electron chi connectivity index (χ0n) is 6.68. The summed E-state index contributed by atoms with van der Waals surface area (Å²) < 4.78 is 4.89. The van der Waals surface area contributed by atoms with Crippen LogP contribution in [-0.4, -0.2) is 34.7 Å². The molecule has 0 unspecified atom stereocenters. The fraction of sp³-hybridized carbons (Fsp3) is 0.714. The van der Waals surface area contributed by atoms with Crippen molar-refractivity contribution in [1.82, 2.24) is 10.4 Å². The van der Waals surface area contributed by atoms with Crippen LogP contribution in [0.4, 0.5) is 5.88 Å². The number of aliphatic hydroxyl groups excluding tert-OH is 1. The lowest BCUT2D eigenvalue weighted by molar-refractivity contribution is 0.143. The Balaban J connectivity index is 1.99. The third-order valence-electron chi connectivity index (χ3n) is 2.13. The molecule has 0 amide bonds. The summed E-state index contributed by atoms with van der Waals surface area (Å²) in [7, 11) is 0. The first-order valence-corrected chi connectivity index (χ1v) is 4.06. The molecule has 0 radical (unpaired) electrons. The van der Waals surface area contributed by atoms with Crippen molar-refractivity contribution in [2.75, 3.05) is 18.0 Å². The minimum Gasteiger partial charge on any atom is -0.393 e. The number of aliphatic hydroxyl groups is 1. The lowest BCUT2D eigenvalue weighted by Crippen LogP contribution is -2.35. The number of nitrogens with zero attached hydrogens (tertiary/aromatic N) is 3. The molecule has 5 nitrogen and oxygen atoms in total. The lowest BCUT2D eigenvalue weighted by Gasteiger charge is -2.28. The van der Waals surface area contributed by atoms with Gasteiger partial charge in [0, 0.05) is 18.4 Å². The lowest BCUT2D eigenvalue weighted by atomic mass is 10.1. The van der Waals surface area contributed by atoms with E-state index < -0.39 is 0 Å². The van der Waals surface area contributed by atoms with E-state index in [4.69, 9.17) is 4.52 Å². The van der Waals surface area contributed by atoms with Gasteiger partial charge in [0.25, 0.3) is 0 Å². The van der Waals surface area contributed by atoms with Gasteiger partial charge in [0.1, 0.15) is 6.20 Å². The van der Waals surface area contributed by atoms with Gasteiger partial charge < -0.3 is 14.5 Å². The Bertz CT molecular complexity index is 229. The average Bonchev–Trinajstić information content (AvgIpc) is 2.58. The van der Waals surface area contributed by atoms with Gasteiger partial charge in [0.15, 0.2) is 0 Å². The Morgan fingerprint density at radius 1 is 1.50 bits per heavy atom. The van der Waals surface area contributed by atoms with E-state index >= 15 is 0 Å². The molecule has 0 bridgehead atoms. The van der Waals surface area contributed by atoms with E-state index in [2.05, 4.69) is 10.4 Å². The normalized spacial score (nSPS) is 19.9. The van der Waals surface area contributed by atoms with Crippen molar-refractivity contribution in [1.29, 1.82) is 0 Å². The highest BCUT2D eigenvalue weighted by atomic mass is 16.5. The molecular weight excluding hydrogens is 158 g/mol. The highest BCUT2D eigenvalue weighted by Crippen LogP contribution is 2.17. The quantitative estimate of drug-likeness (QED) is 0.642. The second-order valence-corrected chi connectivity index (χ2v) is 2.97. The van der Waals surface area contributed by atoms with E-state index in [0.29, 0.717) is 5.88 Å². The molecule has 0 saturated carbocycles. The smallest absolute Gasteiger partial charge is 0.247 e. The van der Waals surface area contributed by atoms with Crippen molar-refractivity contribution in [3.8, 4) is 0 Å². The first-order chi connectivity index (χ1) is 5.86. The van der Waals surface area contributed by atoms with Gasteiger partial charge >= 0.3 is 0 Å². The molecule has 1 aliphatic heterocycles. The van der Waals surface area contributed by atoms with Crippen molar-refractivity contribution < 1.29 is 9.63 Å². The second-order valence-electron chi connectivity index (χ2n) is 2.97. The fourth-order valence-corrected chi connectivity index (χ4v) is 1.39. The molecule has 1 aromatic heterocycles. The van der Waals surface area contributed by atoms with Crippen molar-refractivity contribution in [2.45, 2.75) is 18.9 Å². The molecule has 0 spiro atoms. The number of rotatable bonds is 1. The summed E-state index contributed by atoms with van der Waals surface area (Å²) in [6.07, 6.45) is 3.02. The maximum Gasteiger partial charge on any atom is 0.247 e. The van der Waals surface area contributed by atoms with Gasteiger partial charge in [0.05, 0.1) is 6.10 Å². The molecule has 1 saturated heterocycles. The molecule has 66 valence electrons. The van der Waals surface area contributed by atoms with Crippen LogP contribution < -0.4 is 4.90 Å². The predicted octanol–water partition coefficient (Wildman–Crippen LogP) is 0.0307. The molecule has 0 atom stereocenters. The third kappa shape index (κ3) is 1.40. The summed E-state index contributed by atoms with van der Waals surface area (Å²) in [5.41, 5.74) is 0. The summed E-state index contributed by atoms with van der Waals surface area (Å²) in [4.78, 5) is 2.03. The van der Waals surface area contributed by atoms with Crippen molar-refractivity contribution >= 4 is 5.88 Å². The Morgan fingerprint density at radius 2 is 2.25 bits per heavy atom. The van der Waals surface area contributed by atoms with E-state index in [1.165, 1.54) is 0 Å². The van der Waals surface area contributed by atoms with Crippen molar-refractivity contribution in [3.63, 3.8) is 0 Å².